The molecule has 3 aromatic rings. The van der Waals surface area contributed by atoms with Gasteiger partial charge in [0.05, 0.1) is 13.2 Å². The first kappa shape index (κ1) is 24.0. The predicted molar refractivity (Wildman–Crippen MR) is 135 cm³/mol. The van der Waals surface area contributed by atoms with E-state index in [1.807, 2.05) is 78.9 Å². The highest BCUT2D eigenvalue weighted by Crippen LogP contribution is 2.43. The van der Waals surface area contributed by atoms with Gasteiger partial charge in [0, 0.05) is 18.5 Å². The van der Waals surface area contributed by atoms with Crippen LogP contribution in [-0.4, -0.2) is 42.8 Å². The number of benzene rings is 3. The Hall–Kier alpha value is -3.15. The number of fused-ring (bicyclic) bond motifs is 1. The van der Waals surface area contributed by atoms with E-state index in [-0.39, 0.29) is 30.0 Å². The first-order valence-electron chi connectivity index (χ1n) is 11.5. The molecule has 5 rings (SSSR count). The molecule has 3 aromatic carbocycles. The van der Waals surface area contributed by atoms with E-state index < -0.39 is 5.41 Å². The molecular weight excluding hydrogens is 448 g/mol. The van der Waals surface area contributed by atoms with Gasteiger partial charge in [-0.3, -0.25) is 14.5 Å². The molecule has 2 aliphatic heterocycles. The van der Waals surface area contributed by atoms with Crippen LogP contribution in [0.4, 0.5) is 0 Å². The van der Waals surface area contributed by atoms with E-state index in [0.717, 1.165) is 47.4 Å². The second kappa shape index (κ2) is 10.00. The average Bonchev–Trinajstić information content (AvgIpc) is 3.50. The first-order valence-corrected chi connectivity index (χ1v) is 11.5. The minimum Gasteiger partial charge on any atom is -0.493 e. The number of carbonyl (C=O) groups is 2. The molecule has 6 heteroatoms. The molecule has 34 heavy (non-hydrogen) atoms. The Balaban J connectivity index is 0.00000274. The molecule has 2 N–H and O–H groups in total. The third kappa shape index (κ3) is 4.22. The highest BCUT2D eigenvalue weighted by Gasteiger charge is 2.49. The van der Waals surface area contributed by atoms with E-state index in [2.05, 4.69) is 4.90 Å². The van der Waals surface area contributed by atoms with Gasteiger partial charge in [-0.15, -0.1) is 12.4 Å². The molecule has 1 atom stereocenters. The van der Waals surface area contributed by atoms with E-state index in [4.69, 9.17) is 10.5 Å². The third-order valence-electron chi connectivity index (χ3n) is 7.11. The van der Waals surface area contributed by atoms with Gasteiger partial charge in [0.2, 0.25) is 5.91 Å². The van der Waals surface area contributed by atoms with Gasteiger partial charge in [-0.25, -0.2) is 0 Å². The number of Topliss-reactive ketones (excluding diaryl/α,β-unsaturated/α-hetero) is 1. The quantitative estimate of drug-likeness (QED) is 0.523. The summed E-state index contributed by atoms with van der Waals surface area (Å²) in [6, 6.07) is 25.3. The van der Waals surface area contributed by atoms with E-state index in [0.29, 0.717) is 19.7 Å². The van der Waals surface area contributed by atoms with Crippen molar-refractivity contribution in [1.82, 2.24) is 4.90 Å². The number of hydrogen-bond acceptors (Lipinski definition) is 4. The molecule has 0 spiro atoms. The normalized spacial score (nSPS) is 17.5. The fraction of sp³-hybridized carbons (Fsp3) is 0.286. The monoisotopic (exact) mass is 476 g/mol. The Labute approximate surface area is 206 Å². The highest BCUT2D eigenvalue weighted by atomic mass is 35.5. The van der Waals surface area contributed by atoms with Crippen LogP contribution in [0.5, 0.6) is 5.75 Å². The smallest absolute Gasteiger partial charge is 0.232 e. The Bertz CT molecular complexity index is 1130. The number of rotatable bonds is 7. The number of nitrogens with two attached hydrogens (primary N) is 1. The van der Waals surface area contributed by atoms with Crippen LogP contribution in [0, 0.1) is 5.92 Å². The minimum absolute atomic E-state index is 0. The van der Waals surface area contributed by atoms with Crippen LogP contribution in [0.3, 0.4) is 0 Å². The molecule has 1 fully saturated rings. The molecule has 0 aromatic heterocycles. The number of ether oxygens (including phenoxy) is 1. The van der Waals surface area contributed by atoms with Gasteiger partial charge in [-0.2, -0.15) is 0 Å². The maximum atomic E-state index is 13.2. The zero-order valence-corrected chi connectivity index (χ0v) is 19.8. The van der Waals surface area contributed by atoms with Gasteiger partial charge in [0.1, 0.15) is 11.2 Å². The maximum absolute atomic E-state index is 13.2. The summed E-state index contributed by atoms with van der Waals surface area (Å²) in [6.07, 6.45) is 1.63. The van der Waals surface area contributed by atoms with Crippen molar-refractivity contribution in [3.05, 3.63) is 101 Å². The van der Waals surface area contributed by atoms with E-state index in [1.54, 1.807) is 0 Å². The molecule has 5 nitrogen and oxygen atoms in total. The standard InChI is InChI=1S/C28H28N2O3.ClH/c29-27(32)28(22-7-3-1-4-8-22,23-9-5-2-6-10-23)24-13-15-30(18-24)19-25(31)20-11-12-26-21(17-20)14-16-33-26;/h1-12,17,24H,13-16,18-19H2,(H2,29,32);1H/t24-;/m1./s1. The Morgan fingerprint density at radius 2 is 1.62 bits per heavy atom. The van der Waals surface area contributed by atoms with Crippen LogP contribution in [0.25, 0.3) is 0 Å². The Morgan fingerprint density at radius 1 is 0.971 bits per heavy atom. The number of primary amides is 1. The number of halogens is 1. The summed E-state index contributed by atoms with van der Waals surface area (Å²) in [5, 5.41) is 0. The van der Waals surface area contributed by atoms with E-state index >= 15 is 0 Å². The number of likely N-dealkylation sites (tertiary alicyclic amines) is 1. The fourth-order valence-electron chi connectivity index (χ4n) is 5.51. The number of amides is 1. The zero-order chi connectivity index (χ0) is 22.8. The summed E-state index contributed by atoms with van der Waals surface area (Å²) in [5.74, 6) is 0.594. The van der Waals surface area contributed by atoms with Crippen molar-refractivity contribution >= 4 is 24.1 Å². The van der Waals surface area contributed by atoms with E-state index in [9.17, 15) is 9.59 Å². The van der Waals surface area contributed by atoms with Gasteiger partial charge in [-0.05, 0) is 53.8 Å². The summed E-state index contributed by atoms with van der Waals surface area (Å²) in [7, 11) is 0. The van der Waals surface area contributed by atoms with Crippen molar-refractivity contribution in [3.63, 3.8) is 0 Å². The van der Waals surface area contributed by atoms with Gasteiger partial charge in [0.25, 0.3) is 0 Å². The second-order valence-electron chi connectivity index (χ2n) is 8.97. The van der Waals surface area contributed by atoms with Crippen molar-refractivity contribution in [2.45, 2.75) is 18.3 Å². The summed E-state index contributed by atoms with van der Waals surface area (Å²) >= 11 is 0. The highest BCUT2D eigenvalue weighted by molar-refractivity contribution is 5.98. The Kier molecular flexibility index (Phi) is 7.05. The van der Waals surface area contributed by atoms with Crippen LogP contribution < -0.4 is 10.5 Å². The SMILES string of the molecule is Cl.NC(=O)C(c1ccccc1)(c1ccccc1)[C@@H]1CCN(CC(=O)c2ccc3c(c2)CCO3)C1. The van der Waals surface area contributed by atoms with Crippen LogP contribution in [0.2, 0.25) is 0 Å². The molecular formula is C28H29ClN2O3. The van der Waals surface area contributed by atoms with Gasteiger partial charge < -0.3 is 10.5 Å². The summed E-state index contributed by atoms with van der Waals surface area (Å²) in [6.45, 7) is 2.38. The van der Waals surface area contributed by atoms with Crippen LogP contribution in [0.1, 0.15) is 33.5 Å². The number of ketones is 1. The van der Waals surface area contributed by atoms with Gasteiger partial charge in [0.15, 0.2) is 5.78 Å². The van der Waals surface area contributed by atoms with Crippen LogP contribution in [0.15, 0.2) is 78.9 Å². The topological polar surface area (TPSA) is 72.6 Å². The lowest BCUT2D eigenvalue weighted by molar-refractivity contribution is -0.123. The maximum Gasteiger partial charge on any atom is 0.232 e. The van der Waals surface area contributed by atoms with Gasteiger partial charge >= 0.3 is 0 Å². The number of nitrogens with zero attached hydrogens (tertiary/aromatic N) is 1. The van der Waals surface area contributed by atoms with E-state index in [1.165, 1.54) is 0 Å². The number of hydrogen-bond donors (Lipinski definition) is 1. The van der Waals surface area contributed by atoms with Crippen molar-refractivity contribution in [3.8, 4) is 5.75 Å². The Morgan fingerprint density at radius 3 is 2.24 bits per heavy atom. The van der Waals surface area contributed by atoms with Crippen molar-refractivity contribution in [2.24, 2.45) is 11.7 Å². The molecule has 2 aliphatic rings. The molecule has 0 saturated carbocycles. The van der Waals surface area contributed by atoms with Gasteiger partial charge in [-0.1, -0.05) is 60.7 Å². The first-order chi connectivity index (χ1) is 16.1. The molecule has 1 saturated heterocycles. The summed E-state index contributed by atoms with van der Waals surface area (Å²) < 4.78 is 5.56. The lowest BCUT2D eigenvalue weighted by Gasteiger charge is -2.37. The van der Waals surface area contributed by atoms with Crippen molar-refractivity contribution in [1.29, 1.82) is 0 Å². The molecule has 2 heterocycles. The van der Waals surface area contributed by atoms with Crippen LogP contribution >= 0.6 is 12.4 Å². The lowest BCUT2D eigenvalue weighted by atomic mass is 9.64. The summed E-state index contributed by atoms with van der Waals surface area (Å²) in [5.41, 5.74) is 8.85. The fourth-order valence-corrected chi connectivity index (χ4v) is 5.51. The van der Waals surface area contributed by atoms with Crippen molar-refractivity contribution in [2.75, 3.05) is 26.2 Å². The zero-order valence-electron chi connectivity index (χ0n) is 19.0. The summed E-state index contributed by atoms with van der Waals surface area (Å²) in [4.78, 5) is 28.4. The molecule has 0 unspecified atom stereocenters. The predicted octanol–water partition coefficient (Wildman–Crippen LogP) is 4.02. The number of carbonyl (C=O) groups excluding carboxylic acids is 2. The minimum atomic E-state index is -0.939. The van der Waals surface area contributed by atoms with Crippen molar-refractivity contribution < 1.29 is 14.3 Å². The molecule has 1 amide bonds. The largest absolute Gasteiger partial charge is 0.493 e. The molecule has 176 valence electrons. The van der Waals surface area contributed by atoms with Crippen LogP contribution in [-0.2, 0) is 16.6 Å². The second-order valence-corrected chi connectivity index (χ2v) is 8.97. The average molecular weight is 477 g/mol. The third-order valence-corrected chi connectivity index (χ3v) is 7.11. The molecule has 0 aliphatic carbocycles. The molecule has 0 radical (unpaired) electrons. The molecule has 0 bridgehead atoms. The lowest BCUT2D eigenvalue weighted by Crippen LogP contribution is -2.49.